The van der Waals surface area contributed by atoms with E-state index in [4.69, 9.17) is 14.7 Å². The van der Waals surface area contributed by atoms with Gasteiger partial charge in [0.05, 0.1) is 25.4 Å². The molecule has 0 radical (unpaired) electrons. The minimum absolute atomic E-state index is 0.268. The highest BCUT2D eigenvalue weighted by Crippen LogP contribution is 2.14. The Bertz CT molecular complexity index is 487. The summed E-state index contributed by atoms with van der Waals surface area (Å²) in [6.07, 6.45) is 1.58. The van der Waals surface area contributed by atoms with Crippen LogP contribution in [0.25, 0.3) is 0 Å². The number of hydrogen-bond donors (Lipinski definition) is 1. The highest BCUT2D eigenvalue weighted by molar-refractivity contribution is 5.28. The summed E-state index contributed by atoms with van der Waals surface area (Å²) in [5.41, 5.74) is 1.20. The summed E-state index contributed by atoms with van der Waals surface area (Å²) in [6.45, 7) is 5.06. The molecule has 1 aliphatic rings. The lowest BCUT2D eigenvalue weighted by molar-refractivity contribution is -0.0182. The van der Waals surface area contributed by atoms with Gasteiger partial charge in [0.25, 0.3) is 0 Å². The highest BCUT2D eigenvalue weighted by atomic mass is 16.5. The fraction of sp³-hybridized carbons (Fsp3) is 0.588. The van der Waals surface area contributed by atoms with E-state index >= 15 is 0 Å². The van der Waals surface area contributed by atoms with Crippen LogP contribution in [0.15, 0.2) is 24.3 Å². The average Bonchev–Trinajstić information content (AvgIpc) is 2.52. The summed E-state index contributed by atoms with van der Waals surface area (Å²) >= 11 is 0. The van der Waals surface area contributed by atoms with E-state index in [-0.39, 0.29) is 6.10 Å². The van der Waals surface area contributed by atoms with Gasteiger partial charge in [0, 0.05) is 32.6 Å². The van der Waals surface area contributed by atoms with Crippen molar-refractivity contribution in [1.29, 1.82) is 5.26 Å². The number of nitrogens with one attached hydrogen (secondary N) is 1. The van der Waals surface area contributed by atoms with E-state index in [0.717, 1.165) is 45.0 Å². The van der Waals surface area contributed by atoms with Crippen molar-refractivity contribution in [3.05, 3.63) is 29.8 Å². The van der Waals surface area contributed by atoms with Crippen LogP contribution < -0.4 is 10.1 Å². The zero-order chi connectivity index (χ0) is 15.6. The lowest BCUT2D eigenvalue weighted by Gasteiger charge is -2.30. The predicted molar refractivity (Wildman–Crippen MR) is 85.7 cm³/mol. The zero-order valence-electron chi connectivity index (χ0n) is 13.3. The van der Waals surface area contributed by atoms with E-state index in [1.807, 2.05) is 18.2 Å². The molecule has 1 N–H and O–H groups in total. The molecule has 1 heterocycles. The average molecular weight is 303 g/mol. The van der Waals surface area contributed by atoms with Crippen molar-refractivity contribution in [1.82, 2.24) is 10.2 Å². The first-order valence-corrected chi connectivity index (χ1v) is 7.87. The molecule has 1 aromatic carbocycles. The van der Waals surface area contributed by atoms with Gasteiger partial charge in [-0.3, -0.25) is 0 Å². The zero-order valence-corrected chi connectivity index (χ0v) is 13.3. The van der Waals surface area contributed by atoms with E-state index in [1.54, 1.807) is 0 Å². The largest absolute Gasteiger partial charge is 0.494 e. The van der Waals surface area contributed by atoms with Gasteiger partial charge in [-0.05, 0) is 31.2 Å². The maximum absolute atomic E-state index is 8.50. The van der Waals surface area contributed by atoms with E-state index in [0.29, 0.717) is 13.0 Å². The Morgan fingerprint density at radius 2 is 2.41 bits per heavy atom. The van der Waals surface area contributed by atoms with Gasteiger partial charge in [0.2, 0.25) is 0 Å². The van der Waals surface area contributed by atoms with Crippen molar-refractivity contribution in [2.24, 2.45) is 0 Å². The Morgan fingerprint density at radius 1 is 1.50 bits per heavy atom. The number of nitrogens with zero attached hydrogens (tertiary/aromatic N) is 2. The van der Waals surface area contributed by atoms with Crippen LogP contribution in [0.5, 0.6) is 5.75 Å². The second-order valence-electron chi connectivity index (χ2n) is 5.64. The van der Waals surface area contributed by atoms with Crippen LogP contribution in [0.3, 0.4) is 0 Å². The van der Waals surface area contributed by atoms with Crippen LogP contribution in [0.2, 0.25) is 0 Å². The maximum atomic E-state index is 8.50. The van der Waals surface area contributed by atoms with E-state index in [9.17, 15) is 0 Å². The Labute approximate surface area is 132 Å². The molecular formula is C17H25N3O2. The van der Waals surface area contributed by atoms with Gasteiger partial charge >= 0.3 is 0 Å². The number of unbranched alkanes of at least 4 members (excludes halogenated alkanes) is 1. The fourth-order valence-electron chi connectivity index (χ4n) is 2.45. The van der Waals surface area contributed by atoms with Crippen molar-refractivity contribution in [3.63, 3.8) is 0 Å². The van der Waals surface area contributed by atoms with Crippen LogP contribution in [-0.2, 0) is 11.3 Å². The van der Waals surface area contributed by atoms with Crippen LogP contribution >= 0.6 is 0 Å². The third-order valence-corrected chi connectivity index (χ3v) is 3.64. The summed E-state index contributed by atoms with van der Waals surface area (Å²) in [4.78, 5) is 2.30. The van der Waals surface area contributed by atoms with Gasteiger partial charge in [0.15, 0.2) is 0 Å². The lowest BCUT2D eigenvalue weighted by Crippen LogP contribution is -2.44. The molecule has 0 amide bonds. The molecule has 2 rings (SSSR count). The van der Waals surface area contributed by atoms with Gasteiger partial charge in [-0.2, -0.15) is 5.26 Å². The first kappa shape index (κ1) is 16.8. The normalized spacial score (nSPS) is 18.8. The van der Waals surface area contributed by atoms with E-state index in [2.05, 4.69) is 29.4 Å². The minimum Gasteiger partial charge on any atom is -0.494 e. The summed E-state index contributed by atoms with van der Waals surface area (Å²) in [7, 11) is 2.13. The Hall–Kier alpha value is -1.61. The van der Waals surface area contributed by atoms with Gasteiger partial charge in [-0.1, -0.05) is 12.1 Å². The van der Waals surface area contributed by atoms with Crippen molar-refractivity contribution in [2.45, 2.75) is 25.5 Å². The molecule has 120 valence electrons. The lowest BCUT2D eigenvalue weighted by atomic mass is 10.2. The van der Waals surface area contributed by atoms with Crippen molar-refractivity contribution < 1.29 is 9.47 Å². The van der Waals surface area contributed by atoms with Crippen molar-refractivity contribution >= 4 is 0 Å². The van der Waals surface area contributed by atoms with Gasteiger partial charge in [-0.25, -0.2) is 0 Å². The second-order valence-corrected chi connectivity index (χ2v) is 5.64. The molecule has 0 spiro atoms. The topological polar surface area (TPSA) is 57.5 Å². The quantitative estimate of drug-likeness (QED) is 0.742. The van der Waals surface area contributed by atoms with E-state index in [1.165, 1.54) is 5.56 Å². The molecule has 5 nitrogen and oxygen atoms in total. The third-order valence-electron chi connectivity index (χ3n) is 3.64. The molecule has 0 aromatic heterocycles. The molecule has 0 saturated carbocycles. The number of morpholine rings is 1. The van der Waals surface area contributed by atoms with Crippen molar-refractivity contribution in [3.8, 4) is 11.8 Å². The summed E-state index contributed by atoms with van der Waals surface area (Å²) < 4.78 is 11.4. The first-order chi connectivity index (χ1) is 10.8. The second kappa shape index (κ2) is 9.42. The standard InChI is InChI=1S/C17H25N3O2/c1-20-8-10-22-17(14-20)13-19-12-15-5-4-6-16(11-15)21-9-3-2-7-18/h4-6,11,17,19H,2-3,8-10,12-14H2,1H3. The molecule has 1 saturated heterocycles. The number of ether oxygens (including phenoxy) is 2. The highest BCUT2D eigenvalue weighted by Gasteiger charge is 2.16. The molecule has 1 aliphatic heterocycles. The Kier molecular flexibility index (Phi) is 7.17. The number of nitriles is 1. The number of likely N-dealkylation sites (N-methyl/N-ethyl adjacent to an activating group) is 1. The first-order valence-electron chi connectivity index (χ1n) is 7.87. The van der Waals surface area contributed by atoms with Crippen LogP contribution in [0.4, 0.5) is 0 Å². The number of hydrogen-bond acceptors (Lipinski definition) is 5. The van der Waals surface area contributed by atoms with Crippen molar-refractivity contribution in [2.75, 3.05) is 39.9 Å². The monoisotopic (exact) mass is 303 g/mol. The number of benzene rings is 1. The van der Waals surface area contributed by atoms with Gasteiger partial charge in [-0.15, -0.1) is 0 Å². The smallest absolute Gasteiger partial charge is 0.119 e. The molecule has 0 aliphatic carbocycles. The Morgan fingerprint density at radius 3 is 3.23 bits per heavy atom. The van der Waals surface area contributed by atoms with Crippen LogP contribution in [0, 0.1) is 11.3 Å². The van der Waals surface area contributed by atoms with Gasteiger partial charge in [0.1, 0.15) is 5.75 Å². The molecular weight excluding hydrogens is 278 g/mol. The summed E-state index contributed by atoms with van der Waals surface area (Å²) in [5, 5.41) is 11.9. The molecule has 1 unspecified atom stereocenters. The third kappa shape index (κ3) is 6.02. The summed E-state index contributed by atoms with van der Waals surface area (Å²) in [6, 6.07) is 10.2. The SMILES string of the molecule is CN1CCOC(CNCc2cccc(OCCCC#N)c2)C1. The summed E-state index contributed by atoms with van der Waals surface area (Å²) in [5.74, 6) is 0.867. The Balaban J connectivity index is 1.70. The van der Waals surface area contributed by atoms with Crippen LogP contribution in [0.1, 0.15) is 18.4 Å². The predicted octanol–water partition coefficient (Wildman–Crippen LogP) is 1.79. The maximum Gasteiger partial charge on any atom is 0.119 e. The minimum atomic E-state index is 0.268. The van der Waals surface area contributed by atoms with Crippen LogP contribution in [-0.4, -0.2) is 50.9 Å². The van der Waals surface area contributed by atoms with Gasteiger partial charge < -0.3 is 19.7 Å². The molecule has 5 heteroatoms. The molecule has 1 fully saturated rings. The fourth-order valence-corrected chi connectivity index (χ4v) is 2.45. The molecule has 1 atom stereocenters. The molecule has 1 aromatic rings. The molecule has 22 heavy (non-hydrogen) atoms. The molecule has 0 bridgehead atoms. The number of rotatable bonds is 8. The van der Waals surface area contributed by atoms with E-state index < -0.39 is 0 Å².